The minimum Gasteiger partial charge on any atom is -0.459 e. The molecule has 0 radical (unpaired) electrons. The number of nitrogens with zero attached hydrogens (tertiary/aromatic N) is 3. The summed E-state index contributed by atoms with van der Waals surface area (Å²) >= 11 is 0. The summed E-state index contributed by atoms with van der Waals surface area (Å²) in [4.78, 5) is 33.9. The molecule has 0 spiro atoms. The predicted octanol–water partition coefficient (Wildman–Crippen LogP) is 4.71. The van der Waals surface area contributed by atoms with Crippen molar-refractivity contribution < 1.29 is 22.8 Å². The second-order valence-electron chi connectivity index (χ2n) is 9.31. The lowest BCUT2D eigenvalue weighted by atomic mass is 10.0. The quantitative estimate of drug-likeness (QED) is 0.335. The number of nitrogens with one attached hydrogen (secondary N) is 1. The number of carbonyl (C=O) groups excluding carboxylic acids is 2. The van der Waals surface area contributed by atoms with Crippen LogP contribution in [0, 0.1) is 6.92 Å². The van der Waals surface area contributed by atoms with Crippen molar-refractivity contribution in [3.63, 3.8) is 0 Å². The highest BCUT2D eigenvalue weighted by atomic mass is 19.3. The first-order valence-electron chi connectivity index (χ1n) is 12.2. The van der Waals surface area contributed by atoms with E-state index in [2.05, 4.69) is 15.3 Å². The summed E-state index contributed by atoms with van der Waals surface area (Å²) in [5.74, 6) is -1.85. The Bertz CT molecular complexity index is 1540. The number of aryl methyl sites for hydroxylation is 1. The van der Waals surface area contributed by atoms with Gasteiger partial charge < -0.3 is 20.4 Å². The zero-order valence-electron chi connectivity index (χ0n) is 21.0. The van der Waals surface area contributed by atoms with E-state index in [1.165, 1.54) is 12.3 Å². The Morgan fingerprint density at radius 3 is 2.56 bits per heavy atom. The lowest BCUT2D eigenvalue weighted by Gasteiger charge is -2.38. The molecule has 198 valence electrons. The Labute approximate surface area is 223 Å². The summed E-state index contributed by atoms with van der Waals surface area (Å²) in [7, 11) is 0. The normalized spacial score (nSPS) is 14.3. The van der Waals surface area contributed by atoms with Gasteiger partial charge in [-0.3, -0.25) is 14.6 Å². The molecular formula is C29H25F2N5O3. The molecule has 4 heterocycles. The molecule has 1 aromatic carbocycles. The maximum Gasteiger partial charge on any atom is 0.282 e. The van der Waals surface area contributed by atoms with Crippen molar-refractivity contribution in [1.82, 2.24) is 20.2 Å². The summed E-state index contributed by atoms with van der Waals surface area (Å²) in [5, 5.41) is 2.78. The largest absolute Gasteiger partial charge is 0.459 e. The van der Waals surface area contributed by atoms with Gasteiger partial charge in [-0.25, -0.2) is 13.8 Å². The number of nitrogens with two attached hydrogens (primary N) is 1. The smallest absolute Gasteiger partial charge is 0.282 e. The average Bonchev–Trinajstić information content (AvgIpc) is 3.38. The fourth-order valence-electron chi connectivity index (χ4n) is 4.17. The number of pyridine rings is 2. The summed E-state index contributed by atoms with van der Waals surface area (Å²) in [6.07, 6.45) is 6.05. The van der Waals surface area contributed by atoms with E-state index >= 15 is 0 Å². The molecule has 0 atom stereocenters. The van der Waals surface area contributed by atoms with Crippen LogP contribution in [0.1, 0.15) is 27.2 Å². The Morgan fingerprint density at radius 1 is 1.08 bits per heavy atom. The molecule has 0 bridgehead atoms. The van der Waals surface area contributed by atoms with E-state index in [0.29, 0.717) is 23.0 Å². The zero-order chi connectivity index (χ0) is 27.6. The maximum atomic E-state index is 13.1. The van der Waals surface area contributed by atoms with Gasteiger partial charge in [-0.15, -0.1) is 0 Å². The number of benzene rings is 1. The number of hydrogen-bond acceptors (Lipinski definition) is 6. The third kappa shape index (κ3) is 6.01. The highest BCUT2D eigenvalue weighted by Crippen LogP contribution is 2.30. The standard InChI is InChI=1S/C29H25F2N5O3/c1-18-12-20(24-8-5-21(14-33-24)28(38)36-16-29(30,31)17-36)4-7-23(18)25-9-6-22(39-25)15-35-27(37)11-3-19-2-10-26(32)34-13-19/h2-14H,15-17H2,1H3,(H2,32,34)(H,35,37)/b11-3+. The lowest BCUT2D eigenvalue weighted by molar-refractivity contribution is -0.116. The van der Waals surface area contributed by atoms with Crippen molar-refractivity contribution in [2.45, 2.75) is 19.4 Å². The number of halogens is 2. The molecule has 1 aliphatic heterocycles. The molecule has 4 aromatic rings. The van der Waals surface area contributed by atoms with Crippen molar-refractivity contribution in [2.75, 3.05) is 18.8 Å². The monoisotopic (exact) mass is 529 g/mol. The van der Waals surface area contributed by atoms with Crippen LogP contribution >= 0.6 is 0 Å². The van der Waals surface area contributed by atoms with E-state index in [0.717, 1.165) is 27.2 Å². The second kappa shape index (κ2) is 10.5. The Morgan fingerprint density at radius 2 is 1.90 bits per heavy atom. The molecule has 2 amide bonds. The topological polar surface area (TPSA) is 114 Å². The molecule has 0 aliphatic carbocycles. The van der Waals surface area contributed by atoms with Crippen molar-refractivity contribution in [2.24, 2.45) is 0 Å². The van der Waals surface area contributed by atoms with Crippen LogP contribution in [0.15, 0.2) is 77.5 Å². The molecular weight excluding hydrogens is 504 g/mol. The molecule has 1 aliphatic rings. The van der Waals surface area contributed by atoms with Gasteiger partial charge in [0.2, 0.25) is 5.91 Å². The van der Waals surface area contributed by atoms with E-state index < -0.39 is 24.9 Å². The van der Waals surface area contributed by atoms with Crippen LogP contribution in [0.4, 0.5) is 14.6 Å². The molecule has 1 fully saturated rings. The van der Waals surface area contributed by atoms with Crippen LogP contribution in [-0.4, -0.2) is 45.7 Å². The number of aromatic nitrogens is 2. The lowest BCUT2D eigenvalue weighted by Crippen LogP contribution is -2.58. The van der Waals surface area contributed by atoms with Crippen molar-refractivity contribution in [1.29, 1.82) is 0 Å². The highest BCUT2D eigenvalue weighted by molar-refractivity contribution is 5.95. The molecule has 1 saturated heterocycles. The molecule has 3 aromatic heterocycles. The van der Waals surface area contributed by atoms with Gasteiger partial charge in [-0.1, -0.05) is 12.1 Å². The minimum absolute atomic E-state index is 0.227. The van der Waals surface area contributed by atoms with Crippen LogP contribution in [-0.2, 0) is 11.3 Å². The number of carbonyl (C=O) groups is 2. The van der Waals surface area contributed by atoms with Crippen LogP contribution in [0.5, 0.6) is 0 Å². The van der Waals surface area contributed by atoms with Crippen LogP contribution in [0.25, 0.3) is 28.7 Å². The van der Waals surface area contributed by atoms with Crippen molar-refractivity contribution in [3.8, 4) is 22.6 Å². The Kier molecular flexibility index (Phi) is 6.93. The number of furan rings is 1. The number of hydrogen-bond donors (Lipinski definition) is 2. The summed E-state index contributed by atoms with van der Waals surface area (Å²) in [5.41, 5.74) is 9.92. The zero-order valence-corrected chi connectivity index (χ0v) is 21.0. The summed E-state index contributed by atoms with van der Waals surface area (Å²) < 4.78 is 32.1. The molecule has 5 rings (SSSR count). The van der Waals surface area contributed by atoms with Gasteiger partial charge in [-0.05, 0) is 66.6 Å². The Hall–Kier alpha value is -4.86. The number of amides is 2. The van der Waals surface area contributed by atoms with Gasteiger partial charge in [0.15, 0.2) is 0 Å². The third-order valence-corrected chi connectivity index (χ3v) is 6.26. The van der Waals surface area contributed by atoms with Gasteiger partial charge in [0.05, 0.1) is 30.9 Å². The van der Waals surface area contributed by atoms with Gasteiger partial charge in [0.25, 0.3) is 11.8 Å². The van der Waals surface area contributed by atoms with Gasteiger partial charge in [-0.2, -0.15) is 0 Å². The number of anilines is 1. The van der Waals surface area contributed by atoms with E-state index in [9.17, 15) is 18.4 Å². The SMILES string of the molecule is Cc1cc(-c2ccc(C(=O)N3CC(F)(F)C3)cn2)ccc1-c1ccc(CNC(=O)/C=C/c2ccc(N)nc2)o1. The first-order valence-corrected chi connectivity index (χ1v) is 12.2. The van der Waals surface area contributed by atoms with Crippen LogP contribution in [0.2, 0.25) is 0 Å². The first kappa shape index (κ1) is 25.8. The van der Waals surface area contributed by atoms with Crippen molar-refractivity contribution >= 4 is 23.7 Å². The number of alkyl halides is 2. The van der Waals surface area contributed by atoms with Gasteiger partial charge in [0.1, 0.15) is 17.3 Å². The van der Waals surface area contributed by atoms with Gasteiger partial charge in [0, 0.05) is 29.6 Å². The van der Waals surface area contributed by atoms with E-state index in [-0.39, 0.29) is 18.0 Å². The molecule has 3 N–H and O–H groups in total. The highest BCUT2D eigenvalue weighted by Gasteiger charge is 2.46. The molecule has 8 nitrogen and oxygen atoms in total. The summed E-state index contributed by atoms with van der Waals surface area (Å²) in [6.45, 7) is 1.05. The third-order valence-electron chi connectivity index (χ3n) is 6.26. The van der Waals surface area contributed by atoms with E-state index in [1.54, 1.807) is 36.5 Å². The average molecular weight is 530 g/mol. The molecule has 0 unspecified atom stereocenters. The molecule has 39 heavy (non-hydrogen) atoms. The molecule has 10 heteroatoms. The maximum absolute atomic E-state index is 13.1. The van der Waals surface area contributed by atoms with Crippen LogP contribution < -0.4 is 11.1 Å². The minimum atomic E-state index is -2.81. The van der Waals surface area contributed by atoms with E-state index in [4.69, 9.17) is 10.2 Å². The summed E-state index contributed by atoms with van der Waals surface area (Å²) in [6, 6.07) is 16.1. The number of rotatable bonds is 7. The molecule has 0 saturated carbocycles. The Balaban J connectivity index is 1.19. The van der Waals surface area contributed by atoms with Crippen molar-refractivity contribution in [3.05, 3.63) is 95.5 Å². The van der Waals surface area contributed by atoms with E-state index in [1.807, 2.05) is 37.3 Å². The second-order valence-corrected chi connectivity index (χ2v) is 9.31. The fraction of sp³-hybridized carbons (Fsp3) is 0.172. The predicted molar refractivity (Wildman–Crippen MR) is 142 cm³/mol. The number of likely N-dealkylation sites (tertiary alicyclic amines) is 1. The number of nitrogen functional groups attached to an aromatic ring is 1. The van der Waals surface area contributed by atoms with Crippen LogP contribution in [0.3, 0.4) is 0 Å². The first-order chi connectivity index (χ1) is 18.7. The van der Waals surface area contributed by atoms with Gasteiger partial charge >= 0.3 is 0 Å². The fourth-order valence-corrected chi connectivity index (χ4v) is 4.17.